The Morgan fingerprint density at radius 1 is 1.40 bits per heavy atom. The highest BCUT2D eigenvalue weighted by Crippen LogP contribution is 2.11. The van der Waals surface area contributed by atoms with E-state index in [0.717, 1.165) is 19.6 Å². The summed E-state index contributed by atoms with van der Waals surface area (Å²) < 4.78 is 0. The summed E-state index contributed by atoms with van der Waals surface area (Å²) in [7, 11) is 0. The quantitative estimate of drug-likeness (QED) is 0.488. The van der Waals surface area contributed by atoms with E-state index >= 15 is 0 Å². The third-order valence-electron chi connectivity index (χ3n) is 1.98. The Hall–Kier alpha value is -0.830. The van der Waals surface area contributed by atoms with E-state index in [1.54, 1.807) is 0 Å². The Morgan fingerprint density at radius 3 is 3.30 bits per heavy atom. The zero-order chi connectivity index (χ0) is 6.81. The molecular weight excluding hydrogens is 126 g/mol. The fourth-order valence-electron chi connectivity index (χ4n) is 1.35. The van der Waals surface area contributed by atoms with Gasteiger partial charge in [0.25, 0.3) is 0 Å². The van der Waals surface area contributed by atoms with E-state index in [1.807, 2.05) is 6.21 Å². The molecule has 10 heavy (non-hydrogen) atoms. The Balaban J connectivity index is 2.23. The smallest absolute Gasteiger partial charge is 0.0547 e. The van der Waals surface area contributed by atoms with Crippen molar-refractivity contribution < 1.29 is 0 Å². The van der Waals surface area contributed by atoms with E-state index < -0.39 is 0 Å². The number of hydrogen-bond acceptors (Lipinski definition) is 3. The lowest BCUT2D eigenvalue weighted by atomic mass is 10.0. The van der Waals surface area contributed by atoms with Crippen LogP contribution in [0.1, 0.15) is 6.42 Å². The van der Waals surface area contributed by atoms with Crippen LogP contribution in [0.5, 0.6) is 0 Å². The van der Waals surface area contributed by atoms with Crippen molar-refractivity contribution in [2.45, 2.75) is 6.42 Å². The highest BCUT2D eigenvalue weighted by Gasteiger charge is 2.11. The molecule has 0 amide bonds. The number of rotatable bonds is 0. The summed E-state index contributed by atoms with van der Waals surface area (Å²) in [5.41, 5.74) is 5.87. The van der Waals surface area contributed by atoms with Gasteiger partial charge in [-0.15, -0.1) is 0 Å². The average Bonchev–Trinajstić information content (AvgIpc) is 2.05. The lowest BCUT2D eigenvalue weighted by molar-refractivity contribution is 0.645. The largest absolute Gasteiger partial charge is 0.312 e. The van der Waals surface area contributed by atoms with Crippen molar-refractivity contribution in [2.24, 2.45) is 5.10 Å². The van der Waals surface area contributed by atoms with E-state index in [0.29, 0.717) is 0 Å². The highest BCUT2D eigenvalue weighted by atomic mass is 15.3. The molecule has 2 aliphatic rings. The summed E-state index contributed by atoms with van der Waals surface area (Å²) in [4.78, 5) is 0. The van der Waals surface area contributed by atoms with Crippen LogP contribution in [-0.4, -0.2) is 25.8 Å². The minimum absolute atomic E-state index is 0.952. The molecule has 0 spiro atoms. The molecule has 2 N–H and O–H groups in total. The van der Waals surface area contributed by atoms with Crippen molar-refractivity contribution >= 4 is 6.21 Å². The zero-order valence-corrected chi connectivity index (χ0v) is 5.85. The maximum Gasteiger partial charge on any atom is 0.0547 e. The summed E-state index contributed by atoms with van der Waals surface area (Å²) in [6, 6.07) is 0. The van der Waals surface area contributed by atoms with E-state index in [1.165, 1.54) is 17.6 Å². The molecule has 0 aromatic carbocycles. The number of hydrogen-bond donors (Lipinski definition) is 2. The molecule has 0 atom stereocenters. The molecule has 0 fully saturated rings. The normalized spacial score (nSPS) is 24.0. The van der Waals surface area contributed by atoms with Crippen molar-refractivity contribution in [1.82, 2.24) is 10.7 Å². The summed E-state index contributed by atoms with van der Waals surface area (Å²) in [5, 5.41) is 7.30. The predicted molar refractivity (Wildman–Crippen MR) is 41.0 cm³/mol. The second-order valence-electron chi connectivity index (χ2n) is 2.65. The second-order valence-corrected chi connectivity index (χ2v) is 2.65. The van der Waals surface area contributed by atoms with Gasteiger partial charge in [0.1, 0.15) is 0 Å². The van der Waals surface area contributed by atoms with E-state index in [-0.39, 0.29) is 0 Å². The van der Waals surface area contributed by atoms with Gasteiger partial charge in [0, 0.05) is 6.54 Å². The van der Waals surface area contributed by atoms with Gasteiger partial charge < -0.3 is 10.7 Å². The standard InChI is InChI=1S/C7H11N3/c1-2-8-3-7-5-10-9-4-6(1)7/h5,8-9H,1-4H2. The molecule has 3 heteroatoms. The molecule has 0 saturated carbocycles. The average molecular weight is 137 g/mol. The molecule has 0 aromatic heterocycles. The molecule has 0 radical (unpaired) electrons. The van der Waals surface area contributed by atoms with Crippen molar-refractivity contribution in [1.29, 1.82) is 0 Å². The molecule has 0 saturated heterocycles. The molecular formula is C7H11N3. The first kappa shape index (κ1) is 5.92. The van der Waals surface area contributed by atoms with Crippen LogP contribution in [0.3, 0.4) is 0 Å². The third-order valence-corrected chi connectivity index (χ3v) is 1.98. The highest BCUT2D eigenvalue weighted by molar-refractivity contribution is 5.81. The van der Waals surface area contributed by atoms with Crippen LogP contribution in [-0.2, 0) is 0 Å². The minimum atomic E-state index is 0.952. The Morgan fingerprint density at radius 2 is 2.40 bits per heavy atom. The fourth-order valence-corrected chi connectivity index (χ4v) is 1.35. The van der Waals surface area contributed by atoms with Crippen LogP contribution >= 0.6 is 0 Å². The van der Waals surface area contributed by atoms with Crippen LogP contribution in [0, 0.1) is 0 Å². The summed E-state index contributed by atoms with van der Waals surface area (Å²) in [5.74, 6) is 0. The van der Waals surface area contributed by atoms with Crippen LogP contribution in [0.4, 0.5) is 0 Å². The van der Waals surface area contributed by atoms with Crippen molar-refractivity contribution in [3.05, 3.63) is 11.1 Å². The summed E-state index contributed by atoms with van der Waals surface area (Å²) in [6.07, 6.45) is 3.10. The molecule has 0 aromatic rings. The topological polar surface area (TPSA) is 36.4 Å². The lowest BCUT2D eigenvalue weighted by Crippen LogP contribution is -2.31. The molecule has 0 bridgehead atoms. The molecule has 3 nitrogen and oxygen atoms in total. The maximum absolute atomic E-state index is 3.99. The zero-order valence-electron chi connectivity index (χ0n) is 5.85. The predicted octanol–water partition coefficient (Wildman–Crippen LogP) is -0.135. The van der Waals surface area contributed by atoms with Gasteiger partial charge >= 0.3 is 0 Å². The first-order valence-electron chi connectivity index (χ1n) is 3.64. The van der Waals surface area contributed by atoms with E-state index in [4.69, 9.17) is 0 Å². The van der Waals surface area contributed by atoms with Gasteiger partial charge in [-0.3, -0.25) is 0 Å². The van der Waals surface area contributed by atoms with Crippen LogP contribution in [0.2, 0.25) is 0 Å². The Bertz CT molecular complexity index is 193. The molecule has 2 rings (SSSR count). The van der Waals surface area contributed by atoms with Gasteiger partial charge in [-0.05, 0) is 24.1 Å². The monoisotopic (exact) mass is 137 g/mol. The van der Waals surface area contributed by atoms with Crippen LogP contribution in [0.25, 0.3) is 0 Å². The number of hydrazone groups is 1. The van der Waals surface area contributed by atoms with Crippen LogP contribution in [0.15, 0.2) is 16.2 Å². The third kappa shape index (κ3) is 0.926. The van der Waals surface area contributed by atoms with Gasteiger partial charge in [-0.1, -0.05) is 0 Å². The Kier molecular flexibility index (Phi) is 1.43. The first-order valence-corrected chi connectivity index (χ1v) is 3.64. The second kappa shape index (κ2) is 2.42. The van der Waals surface area contributed by atoms with Gasteiger partial charge in [-0.2, -0.15) is 5.10 Å². The molecule has 2 aliphatic heterocycles. The minimum Gasteiger partial charge on any atom is -0.312 e. The number of nitrogens with zero attached hydrogens (tertiary/aromatic N) is 1. The lowest BCUT2D eigenvalue weighted by Gasteiger charge is -2.21. The van der Waals surface area contributed by atoms with Gasteiger partial charge in [0.05, 0.1) is 12.8 Å². The van der Waals surface area contributed by atoms with Gasteiger partial charge in [0.15, 0.2) is 0 Å². The van der Waals surface area contributed by atoms with E-state index in [9.17, 15) is 0 Å². The molecule has 2 heterocycles. The van der Waals surface area contributed by atoms with Gasteiger partial charge in [0.2, 0.25) is 0 Å². The molecule has 0 aliphatic carbocycles. The Labute approximate surface area is 60.2 Å². The first-order chi connectivity index (χ1) is 4.97. The molecule has 54 valence electrons. The maximum atomic E-state index is 3.99. The SMILES string of the molecule is C1=NNCC2=C1CNCC2. The van der Waals surface area contributed by atoms with E-state index in [2.05, 4.69) is 15.8 Å². The van der Waals surface area contributed by atoms with Crippen molar-refractivity contribution in [2.75, 3.05) is 19.6 Å². The summed E-state index contributed by atoms with van der Waals surface area (Å²) in [6.45, 7) is 3.07. The van der Waals surface area contributed by atoms with Gasteiger partial charge in [-0.25, -0.2) is 0 Å². The molecule has 0 unspecified atom stereocenters. The number of nitrogens with one attached hydrogen (secondary N) is 2. The van der Waals surface area contributed by atoms with Crippen molar-refractivity contribution in [3.8, 4) is 0 Å². The van der Waals surface area contributed by atoms with Crippen LogP contribution < -0.4 is 10.7 Å². The summed E-state index contributed by atoms with van der Waals surface area (Å²) >= 11 is 0. The van der Waals surface area contributed by atoms with Crippen molar-refractivity contribution in [3.63, 3.8) is 0 Å². The fraction of sp³-hybridized carbons (Fsp3) is 0.571.